The highest BCUT2D eigenvalue weighted by Gasteiger charge is 2.22. The first-order valence-electron chi connectivity index (χ1n) is 8.82. The highest BCUT2D eigenvalue weighted by atomic mass is 35.5. The largest absolute Gasteiger partial charge is 0.497 e. The molecule has 0 fully saturated rings. The number of aryl methyl sites for hydroxylation is 1. The zero-order valence-corrected chi connectivity index (χ0v) is 15.7. The lowest BCUT2D eigenvalue weighted by molar-refractivity contribution is 0.149. The van der Waals surface area contributed by atoms with E-state index in [1.54, 1.807) is 25.3 Å². The predicted octanol–water partition coefficient (Wildman–Crippen LogP) is 3.81. The van der Waals surface area contributed by atoms with E-state index in [-0.39, 0.29) is 12.1 Å². The number of halogens is 1. The van der Waals surface area contributed by atoms with Gasteiger partial charge in [0, 0.05) is 18.2 Å². The number of anilines is 1. The maximum absolute atomic E-state index is 6.27. The van der Waals surface area contributed by atoms with E-state index in [1.165, 1.54) is 5.56 Å². The van der Waals surface area contributed by atoms with Gasteiger partial charge in [-0.1, -0.05) is 17.7 Å². The molecule has 5 nitrogen and oxygen atoms in total. The molecule has 3 rings (SSSR count). The standard InChI is InChI=1S/C20H25ClN2O3/c1-24-15-4-2-13-3-5-17(26-20(13)12-15)10-14(22)8-9-25-16-6-7-18(21)19(23)11-16/h2,4,6-7,11-12,14,17H,3,5,8-10,22-23H2,1H3. The van der Waals surface area contributed by atoms with Gasteiger partial charge < -0.3 is 25.7 Å². The van der Waals surface area contributed by atoms with Crippen LogP contribution < -0.4 is 25.7 Å². The molecule has 1 aliphatic heterocycles. The van der Waals surface area contributed by atoms with Crippen molar-refractivity contribution in [2.24, 2.45) is 5.73 Å². The van der Waals surface area contributed by atoms with E-state index >= 15 is 0 Å². The smallest absolute Gasteiger partial charge is 0.126 e. The summed E-state index contributed by atoms with van der Waals surface area (Å²) in [7, 11) is 1.66. The lowest BCUT2D eigenvalue weighted by Crippen LogP contribution is -2.33. The van der Waals surface area contributed by atoms with Crippen LogP contribution in [-0.2, 0) is 6.42 Å². The highest BCUT2D eigenvalue weighted by Crippen LogP contribution is 2.32. The molecule has 1 aliphatic rings. The first kappa shape index (κ1) is 18.7. The summed E-state index contributed by atoms with van der Waals surface area (Å²) in [6.45, 7) is 0.527. The van der Waals surface area contributed by atoms with Crippen molar-refractivity contribution in [2.45, 2.75) is 37.8 Å². The molecule has 0 aromatic heterocycles. The van der Waals surface area contributed by atoms with Crippen LogP contribution in [-0.4, -0.2) is 25.9 Å². The van der Waals surface area contributed by atoms with Crippen molar-refractivity contribution in [2.75, 3.05) is 19.5 Å². The Hall–Kier alpha value is -2.11. The molecule has 140 valence electrons. The third kappa shape index (κ3) is 4.74. The van der Waals surface area contributed by atoms with Gasteiger partial charge in [0.25, 0.3) is 0 Å². The quantitative estimate of drug-likeness (QED) is 0.718. The molecule has 2 aromatic rings. The molecular formula is C20H25ClN2O3. The lowest BCUT2D eigenvalue weighted by Gasteiger charge is -2.28. The van der Waals surface area contributed by atoms with Crippen LogP contribution in [0.1, 0.15) is 24.8 Å². The zero-order valence-electron chi connectivity index (χ0n) is 14.9. The Labute approximate surface area is 159 Å². The van der Waals surface area contributed by atoms with Crippen LogP contribution in [0.5, 0.6) is 17.2 Å². The van der Waals surface area contributed by atoms with Gasteiger partial charge in [0.2, 0.25) is 0 Å². The Kier molecular flexibility index (Phi) is 6.12. The monoisotopic (exact) mass is 376 g/mol. The third-order valence-electron chi connectivity index (χ3n) is 4.59. The summed E-state index contributed by atoms with van der Waals surface area (Å²) < 4.78 is 17.1. The number of hydrogen-bond donors (Lipinski definition) is 2. The van der Waals surface area contributed by atoms with Crippen molar-refractivity contribution in [3.8, 4) is 17.2 Å². The molecule has 2 aromatic carbocycles. The van der Waals surface area contributed by atoms with Gasteiger partial charge in [0.15, 0.2) is 0 Å². The van der Waals surface area contributed by atoms with Gasteiger partial charge in [-0.05, 0) is 49.4 Å². The molecule has 0 saturated carbocycles. The number of fused-ring (bicyclic) bond motifs is 1. The molecule has 0 amide bonds. The average Bonchev–Trinajstić information content (AvgIpc) is 2.64. The Morgan fingerprint density at radius 2 is 2.04 bits per heavy atom. The van der Waals surface area contributed by atoms with E-state index in [4.69, 9.17) is 37.3 Å². The number of hydrogen-bond acceptors (Lipinski definition) is 5. The van der Waals surface area contributed by atoms with Crippen molar-refractivity contribution in [3.05, 3.63) is 47.0 Å². The maximum atomic E-state index is 6.27. The molecule has 0 aliphatic carbocycles. The minimum atomic E-state index is 0.0109. The third-order valence-corrected chi connectivity index (χ3v) is 4.94. The second-order valence-corrected chi connectivity index (χ2v) is 6.98. The second-order valence-electron chi connectivity index (χ2n) is 6.57. The van der Waals surface area contributed by atoms with Crippen molar-refractivity contribution in [3.63, 3.8) is 0 Å². The van der Waals surface area contributed by atoms with Crippen molar-refractivity contribution >= 4 is 17.3 Å². The van der Waals surface area contributed by atoms with E-state index < -0.39 is 0 Å². The van der Waals surface area contributed by atoms with E-state index in [9.17, 15) is 0 Å². The van der Waals surface area contributed by atoms with Crippen LogP contribution in [0.25, 0.3) is 0 Å². The zero-order chi connectivity index (χ0) is 18.5. The van der Waals surface area contributed by atoms with Crippen LogP contribution >= 0.6 is 11.6 Å². The molecule has 2 unspecified atom stereocenters. The molecule has 6 heteroatoms. The molecule has 0 spiro atoms. The van der Waals surface area contributed by atoms with Crippen LogP contribution in [0, 0.1) is 0 Å². The topological polar surface area (TPSA) is 79.7 Å². The van der Waals surface area contributed by atoms with Crippen LogP contribution in [0.4, 0.5) is 5.69 Å². The maximum Gasteiger partial charge on any atom is 0.126 e. The minimum absolute atomic E-state index is 0.0109. The van der Waals surface area contributed by atoms with Crippen molar-refractivity contribution in [1.82, 2.24) is 0 Å². The van der Waals surface area contributed by atoms with Crippen LogP contribution in [0.3, 0.4) is 0 Å². The SMILES string of the molecule is COc1ccc2c(c1)OC(CC(N)CCOc1ccc(Cl)c(N)c1)CC2. The van der Waals surface area contributed by atoms with E-state index in [2.05, 4.69) is 6.07 Å². The van der Waals surface area contributed by atoms with E-state index in [0.717, 1.165) is 37.2 Å². The highest BCUT2D eigenvalue weighted by molar-refractivity contribution is 6.33. The van der Waals surface area contributed by atoms with Crippen LogP contribution in [0.2, 0.25) is 5.02 Å². The molecular weight excluding hydrogens is 352 g/mol. The first-order chi connectivity index (χ1) is 12.5. The summed E-state index contributed by atoms with van der Waals surface area (Å²) >= 11 is 5.91. The fourth-order valence-electron chi connectivity index (χ4n) is 3.09. The molecule has 0 radical (unpaired) electrons. The summed E-state index contributed by atoms with van der Waals surface area (Å²) in [6.07, 6.45) is 3.63. The Morgan fingerprint density at radius 3 is 2.81 bits per heavy atom. The van der Waals surface area contributed by atoms with E-state index in [0.29, 0.717) is 23.1 Å². The van der Waals surface area contributed by atoms with Crippen molar-refractivity contribution < 1.29 is 14.2 Å². The number of nitrogen functional groups attached to an aromatic ring is 1. The second kappa shape index (κ2) is 8.52. The Bertz CT molecular complexity index is 754. The molecule has 1 heterocycles. The number of ether oxygens (including phenoxy) is 3. The van der Waals surface area contributed by atoms with Gasteiger partial charge in [-0.25, -0.2) is 0 Å². The van der Waals surface area contributed by atoms with Gasteiger partial charge >= 0.3 is 0 Å². The summed E-state index contributed by atoms with van der Waals surface area (Å²) in [4.78, 5) is 0. The summed E-state index contributed by atoms with van der Waals surface area (Å²) in [5, 5.41) is 0.528. The Morgan fingerprint density at radius 1 is 1.23 bits per heavy atom. The van der Waals surface area contributed by atoms with Gasteiger partial charge in [-0.3, -0.25) is 0 Å². The van der Waals surface area contributed by atoms with E-state index in [1.807, 2.05) is 12.1 Å². The van der Waals surface area contributed by atoms with Gasteiger partial charge in [-0.2, -0.15) is 0 Å². The molecule has 4 N–H and O–H groups in total. The Balaban J connectivity index is 1.46. The fourth-order valence-corrected chi connectivity index (χ4v) is 3.21. The lowest BCUT2D eigenvalue weighted by atomic mass is 9.97. The first-order valence-corrected chi connectivity index (χ1v) is 9.20. The minimum Gasteiger partial charge on any atom is -0.497 e. The summed E-state index contributed by atoms with van der Waals surface area (Å²) in [5.41, 5.74) is 13.8. The molecule has 26 heavy (non-hydrogen) atoms. The summed E-state index contributed by atoms with van der Waals surface area (Å²) in [5.74, 6) is 2.42. The van der Waals surface area contributed by atoms with Crippen LogP contribution in [0.15, 0.2) is 36.4 Å². The summed E-state index contributed by atoms with van der Waals surface area (Å²) in [6, 6.07) is 11.2. The van der Waals surface area contributed by atoms with Crippen molar-refractivity contribution in [1.29, 1.82) is 0 Å². The molecule has 0 bridgehead atoms. The average molecular weight is 377 g/mol. The van der Waals surface area contributed by atoms with Gasteiger partial charge in [-0.15, -0.1) is 0 Å². The molecule has 2 atom stereocenters. The number of rotatable bonds is 7. The number of nitrogens with two attached hydrogens (primary N) is 2. The van der Waals surface area contributed by atoms with Gasteiger partial charge in [0.05, 0.1) is 24.4 Å². The fraction of sp³-hybridized carbons (Fsp3) is 0.400. The predicted molar refractivity (Wildman–Crippen MR) is 104 cm³/mol. The number of methoxy groups -OCH3 is 1. The molecule has 0 saturated heterocycles. The normalized spacial score (nSPS) is 17.1. The van der Waals surface area contributed by atoms with Gasteiger partial charge in [0.1, 0.15) is 23.4 Å². The number of benzene rings is 2.